The van der Waals surface area contributed by atoms with E-state index in [0.717, 1.165) is 37.1 Å². The van der Waals surface area contributed by atoms with Crippen molar-refractivity contribution in [1.82, 2.24) is 4.57 Å². The van der Waals surface area contributed by atoms with E-state index in [9.17, 15) is 5.26 Å². The van der Waals surface area contributed by atoms with E-state index in [2.05, 4.69) is 68.5 Å². The standard InChI is InChI=1S/C21H16Br2N2/c1-14-20(12-17(13-24)16-7-6-8-18(22)11-16)21(23)15(2)25(14)19-9-4-3-5-10-19/h3-12H,1-2H3. The fourth-order valence-electron chi connectivity index (χ4n) is 2.94. The first-order valence-electron chi connectivity index (χ1n) is 7.83. The van der Waals surface area contributed by atoms with E-state index in [1.165, 1.54) is 0 Å². The van der Waals surface area contributed by atoms with Gasteiger partial charge < -0.3 is 4.57 Å². The summed E-state index contributed by atoms with van der Waals surface area (Å²) in [5.41, 5.74) is 5.88. The van der Waals surface area contributed by atoms with E-state index in [0.29, 0.717) is 5.57 Å². The Morgan fingerprint density at radius 1 is 1.00 bits per heavy atom. The molecule has 0 bridgehead atoms. The number of allylic oxidation sites excluding steroid dienone is 1. The summed E-state index contributed by atoms with van der Waals surface area (Å²) in [5, 5.41) is 9.65. The van der Waals surface area contributed by atoms with Crippen LogP contribution in [0.5, 0.6) is 0 Å². The number of nitriles is 1. The van der Waals surface area contributed by atoms with Crippen molar-refractivity contribution in [3.05, 3.63) is 86.1 Å². The molecule has 1 heterocycles. The van der Waals surface area contributed by atoms with Crippen LogP contribution in [0.3, 0.4) is 0 Å². The van der Waals surface area contributed by atoms with Gasteiger partial charge in [-0.2, -0.15) is 5.26 Å². The summed E-state index contributed by atoms with van der Waals surface area (Å²) in [4.78, 5) is 0. The molecule has 0 aliphatic heterocycles. The molecule has 3 aromatic rings. The van der Waals surface area contributed by atoms with Crippen LogP contribution in [0.4, 0.5) is 0 Å². The summed E-state index contributed by atoms with van der Waals surface area (Å²) in [5.74, 6) is 0. The molecule has 0 fully saturated rings. The summed E-state index contributed by atoms with van der Waals surface area (Å²) in [6, 6.07) is 20.4. The fraction of sp³-hybridized carbons (Fsp3) is 0.0952. The lowest BCUT2D eigenvalue weighted by molar-refractivity contribution is 0.962. The molecule has 2 nitrogen and oxygen atoms in total. The van der Waals surface area contributed by atoms with Gasteiger partial charge in [-0.15, -0.1) is 0 Å². The molecule has 0 amide bonds. The van der Waals surface area contributed by atoms with Crippen LogP contribution in [-0.4, -0.2) is 4.57 Å². The minimum absolute atomic E-state index is 0.635. The number of hydrogen-bond acceptors (Lipinski definition) is 1. The van der Waals surface area contributed by atoms with E-state index in [1.54, 1.807) is 0 Å². The lowest BCUT2D eigenvalue weighted by Gasteiger charge is -2.09. The van der Waals surface area contributed by atoms with E-state index in [-0.39, 0.29) is 0 Å². The molecule has 0 unspecified atom stereocenters. The maximum absolute atomic E-state index is 9.65. The van der Waals surface area contributed by atoms with Crippen molar-refractivity contribution in [3.8, 4) is 11.8 Å². The number of benzene rings is 2. The predicted molar refractivity (Wildman–Crippen MR) is 111 cm³/mol. The molecule has 0 atom stereocenters. The van der Waals surface area contributed by atoms with Gasteiger partial charge in [0, 0.05) is 31.6 Å². The number of aromatic nitrogens is 1. The topological polar surface area (TPSA) is 28.7 Å². The highest BCUT2D eigenvalue weighted by molar-refractivity contribution is 9.10. The van der Waals surface area contributed by atoms with Gasteiger partial charge in [0.25, 0.3) is 0 Å². The Kier molecular flexibility index (Phi) is 5.27. The van der Waals surface area contributed by atoms with Crippen molar-refractivity contribution in [2.75, 3.05) is 0 Å². The third-order valence-corrected chi connectivity index (χ3v) is 5.67. The van der Waals surface area contributed by atoms with Crippen LogP contribution in [0.1, 0.15) is 22.5 Å². The molecule has 0 spiro atoms. The molecule has 1 aromatic heterocycles. The summed E-state index contributed by atoms with van der Waals surface area (Å²) in [6.07, 6.45) is 1.95. The normalized spacial score (nSPS) is 11.4. The lowest BCUT2D eigenvalue weighted by Crippen LogP contribution is -1.98. The molecular formula is C21H16Br2N2. The van der Waals surface area contributed by atoms with Crippen LogP contribution < -0.4 is 0 Å². The monoisotopic (exact) mass is 454 g/mol. The van der Waals surface area contributed by atoms with Gasteiger partial charge in [0.05, 0.1) is 11.6 Å². The Hall–Kier alpha value is -2.09. The minimum atomic E-state index is 0.635. The van der Waals surface area contributed by atoms with E-state index in [4.69, 9.17) is 0 Å². The van der Waals surface area contributed by atoms with Gasteiger partial charge in [0.15, 0.2) is 0 Å². The summed E-state index contributed by atoms with van der Waals surface area (Å²) in [6.45, 7) is 4.15. The number of hydrogen-bond donors (Lipinski definition) is 0. The van der Waals surface area contributed by atoms with Crippen LogP contribution in [0.15, 0.2) is 63.5 Å². The third-order valence-electron chi connectivity index (χ3n) is 4.17. The molecular weight excluding hydrogens is 440 g/mol. The van der Waals surface area contributed by atoms with Gasteiger partial charge in [-0.3, -0.25) is 0 Å². The SMILES string of the molecule is Cc1c(Br)c(C=C(C#N)c2cccc(Br)c2)c(C)n1-c1ccccc1. The molecule has 4 heteroatoms. The van der Waals surface area contributed by atoms with Gasteiger partial charge in [0.2, 0.25) is 0 Å². The first-order chi connectivity index (χ1) is 12.0. The second kappa shape index (κ2) is 7.43. The van der Waals surface area contributed by atoms with Gasteiger partial charge in [-0.25, -0.2) is 0 Å². The Morgan fingerprint density at radius 3 is 2.36 bits per heavy atom. The molecule has 3 rings (SSSR count). The zero-order chi connectivity index (χ0) is 18.0. The molecule has 0 N–H and O–H groups in total. The van der Waals surface area contributed by atoms with Crippen LogP contribution in [0.2, 0.25) is 0 Å². The highest BCUT2D eigenvalue weighted by Crippen LogP contribution is 2.33. The van der Waals surface area contributed by atoms with Crippen molar-refractivity contribution >= 4 is 43.5 Å². The second-order valence-electron chi connectivity index (χ2n) is 5.75. The molecule has 0 aliphatic rings. The summed E-state index contributed by atoms with van der Waals surface area (Å²) >= 11 is 7.18. The number of halogens is 2. The predicted octanol–water partition coefficient (Wildman–Crippen LogP) is 6.68. The zero-order valence-electron chi connectivity index (χ0n) is 13.9. The number of rotatable bonds is 3. The van der Waals surface area contributed by atoms with Crippen LogP contribution in [0, 0.1) is 25.2 Å². The third kappa shape index (κ3) is 3.49. The molecule has 0 radical (unpaired) electrons. The van der Waals surface area contributed by atoms with Crippen LogP contribution >= 0.6 is 31.9 Å². The quantitative estimate of drug-likeness (QED) is 0.404. The first-order valence-corrected chi connectivity index (χ1v) is 9.42. The van der Waals surface area contributed by atoms with Gasteiger partial charge in [-0.05, 0) is 65.7 Å². The molecule has 124 valence electrons. The number of para-hydroxylation sites is 1. The van der Waals surface area contributed by atoms with Crippen molar-refractivity contribution in [3.63, 3.8) is 0 Å². The summed E-state index contributed by atoms with van der Waals surface area (Å²) in [7, 11) is 0. The van der Waals surface area contributed by atoms with Gasteiger partial charge >= 0.3 is 0 Å². The number of nitrogens with zero attached hydrogens (tertiary/aromatic N) is 2. The maximum Gasteiger partial charge on any atom is 0.0998 e. The van der Waals surface area contributed by atoms with E-state index >= 15 is 0 Å². The Labute approximate surface area is 164 Å². The van der Waals surface area contributed by atoms with Gasteiger partial charge in [0.1, 0.15) is 0 Å². The highest BCUT2D eigenvalue weighted by Gasteiger charge is 2.16. The minimum Gasteiger partial charge on any atom is -0.317 e. The molecule has 25 heavy (non-hydrogen) atoms. The van der Waals surface area contributed by atoms with Crippen molar-refractivity contribution in [2.24, 2.45) is 0 Å². The zero-order valence-corrected chi connectivity index (χ0v) is 17.1. The van der Waals surface area contributed by atoms with Crippen molar-refractivity contribution in [1.29, 1.82) is 5.26 Å². The van der Waals surface area contributed by atoms with Gasteiger partial charge in [-0.1, -0.05) is 46.3 Å². The molecule has 0 saturated carbocycles. The average Bonchev–Trinajstić information content (AvgIpc) is 2.83. The van der Waals surface area contributed by atoms with Crippen LogP contribution in [-0.2, 0) is 0 Å². The fourth-order valence-corrected chi connectivity index (χ4v) is 3.91. The van der Waals surface area contributed by atoms with Crippen molar-refractivity contribution < 1.29 is 0 Å². The summed E-state index contributed by atoms with van der Waals surface area (Å²) < 4.78 is 4.17. The molecule has 0 saturated heterocycles. The average molecular weight is 456 g/mol. The first kappa shape index (κ1) is 17.7. The van der Waals surface area contributed by atoms with Crippen molar-refractivity contribution in [2.45, 2.75) is 13.8 Å². The largest absolute Gasteiger partial charge is 0.317 e. The smallest absolute Gasteiger partial charge is 0.0998 e. The van der Waals surface area contributed by atoms with E-state index in [1.807, 2.05) is 48.5 Å². The maximum atomic E-state index is 9.65. The molecule has 0 aliphatic carbocycles. The van der Waals surface area contributed by atoms with E-state index < -0.39 is 0 Å². The van der Waals surface area contributed by atoms with Crippen LogP contribution in [0.25, 0.3) is 17.3 Å². The Bertz CT molecular complexity index is 993. The Morgan fingerprint density at radius 2 is 1.72 bits per heavy atom. The Balaban J connectivity index is 2.17. The highest BCUT2D eigenvalue weighted by atomic mass is 79.9. The molecule has 2 aromatic carbocycles. The lowest BCUT2D eigenvalue weighted by atomic mass is 10.0. The second-order valence-corrected chi connectivity index (χ2v) is 7.46.